The van der Waals surface area contributed by atoms with Gasteiger partial charge in [-0.2, -0.15) is 5.10 Å². The summed E-state index contributed by atoms with van der Waals surface area (Å²) in [6.07, 6.45) is 12.5. The number of aromatic amines is 1. The molecule has 1 atom stereocenters. The van der Waals surface area contributed by atoms with Gasteiger partial charge in [-0.1, -0.05) is 43.4 Å². The molecule has 0 saturated heterocycles. The molecule has 41 heavy (non-hydrogen) atoms. The molecule has 0 fully saturated rings. The van der Waals surface area contributed by atoms with Crippen LogP contribution < -0.4 is 27.3 Å². The van der Waals surface area contributed by atoms with E-state index in [2.05, 4.69) is 25.7 Å². The number of nitrogens with zero attached hydrogens (tertiary/aromatic N) is 3. The Morgan fingerprint density at radius 2 is 1.98 bits per heavy atom. The predicted molar refractivity (Wildman–Crippen MR) is 162 cm³/mol. The Morgan fingerprint density at radius 1 is 1.17 bits per heavy atom. The standard InChI is InChI=1S/C29H35ClN8O3/c1-41-29(40)35-22-11-12-23-19(16-22)7-5-3-2-4-6-8-24(28-33-17-25(23)37-28)36-27(39)14-9-20-15-21(30)10-13-26(20)38(32)18-34-31/h9-18,24H,2-8,31-32H2,1H3,(H,33,37)(H,35,40)(H,36,39)/b14-9+,34-18-/t24-/m0/s1. The van der Waals surface area contributed by atoms with E-state index in [-0.39, 0.29) is 11.9 Å². The smallest absolute Gasteiger partial charge is 0.411 e. The Bertz CT molecular complexity index is 1420. The molecule has 0 saturated carbocycles. The van der Waals surface area contributed by atoms with Gasteiger partial charge in [0, 0.05) is 27.9 Å². The average Bonchev–Trinajstić information content (AvgIpc) is 3.45. The monoisotopic (exact) mass is 578 g/mol. The Morgan fingerprint density at radius 3 is 2.78 bits per heavy atom. The van der Waals surface area contributed by atoms with E-state index in [0.29, 0.717) is 27.8 Å². The van der Waals surface area contributed by atoms with Crippen LogP contribution in [0.3, 0.4) is 0 Å². The highest BCUT2D eigenvalue weighted by molar-refractivity contribution is 6.30. The molecule has 3 aromatic rings. The zero-order valence-corrected chi connectivity index (χ0v) is 23.7. The van der Waals surface area contributed by atoms with Crippen LogP contribution in [-0.2, 0) is 16.0 Å². The number of imidazole rings is 1. The topological polar surface area (TPSA) is 164 Å². The second-order valence-electron chi connectivity index (χ2n) is 9.75. The number of carbonyl (C=O) groups is 2. The molecule has 11 nitrogen and oxygen atoms in total. The average molecular weight is 579 g/mol. The third kappa shape index (κ3) is 8.09. The maximum atomic E-state index is 13.1. The van der Waals surface area contributed by atoms with Gasteiger partial charge in [0.15, 0.2) is 0 Å². The number of nitrogens with one attached hydrogen (secondary N) is 3. The Hall–Kier alpha value is -4.35. The number of halogens is 1. The van der Waals surface area contributed by atoms with Crippen molar-refractivity contribution in [3.8, 4) is 11.3 Å². The van der Waals surface area contributed by atoms with Gasteiger partial charge in [-0.05, 0) is 61.2 Å². The molecule has 0 radical (unpaired) electrons. The van der Waals surface area contributed by atoms with Crippen molar-refractivity contribution in [1.29, 1.82) is 0 Å². The van der Waals surface area contributed by atoms with Gasteiger partial charge in [-0.3, -0.25) is 15.1 Å². The molecule has 0 spiro atoms. The van der Waals surface area contributed by atoms with Crippen LogP contribution in [0, 0.1) is 0 Å². The molecule has 12 heteroatoms. The number of nitrogens with two attached hydrogens (primary N) is 2. The van der Waals surface area contributed by atoms with E-state index < -0.39 is 6.09 Å². The van der Waals surface area contributed by atoms with Crippen molar-refractivity contribution in [1.82, 2.24) is 15.3 Å². The number of methoxy groups -OCH3 is 1. The number of benzene rings is 2. The highest BCUT2D eigenvalue weighted by atomic mass is 35.5. The van der Waals surface area contributed by atoms with E-state index in [0.717, 1.165) is 61.8 Å². The zero-order valence-electron chi connectivity index (χ0n) is 22.9. The van der Waals surface area contributed by atoms with Gasteiger partial charge in [0.05, 0.1) is 30.7 Å². The summed E-state index contributed by atoms with van der Waals surface area (Å²) in [5, 5.41) is 11.0. The minimum atomic E-state index is -0.512. The fourth-order valence-corrected chi connectivity index (χ4v) is 5.03. The molecule has 4 rings (SSSR count). The summed E-state index contributed by atoms with van der Waals surface area (Å²) in [5.74, 6) is 11.6. The number of fused-ring (bicyclic) bond motifs is 4. The summed E-state index contributed by atoms with van der Waals surface area (Å²) in [7, 11) is 1.34. The molecule has 7 N–H and O–H groups in total. The van der Waals surface area contributed by atoms with Crippen molar-refractivity contribution in [2.45, 2.75) is 51.0 Å². The van der Waals surface area contributed by atoms with Gasteiger partial charge in [0.25, 0.3) is 0 Å². The summed E-state index contributed by atoms with van der Waals surface area (Å²) in [5.41, 5.74) is 4.83. The lowest BCUT2D eigenvalue weighted by Gasteiger charge is -2.17. The number of amides is 2. The van der Waals surface area contributed by atoms with Gasteiger partial charge in [0.1, 0.15) is 12.2 Å². The van der Waals surface area contributed by atoms with E-state index in [4.69, 9.17) is 28.0 Å². The number of ether oxygens (including phenoxy) is 1. The molecule has 2 bridgehead atoms. The highest BCUT2D eigenvalue weighted by Crippen LogP contribution is 2.30. The minimum absolute atomic E-state index is 0.279. The number of hydrazone groups is 1. The molecule has 0 aliphatic carbocycles. The first-order valence-electron chi connectivity index (χ1n) is 13.5. The van der Waals surface area contributed by atoms with Crippen LogP contribution in [0.1, 0.15) is 61.5 Å². The van der Waals surface area contributed by atoms with Crippen LogP contribution in [0.15, 0.2) is 53.8 Å². The lowest BCUT2D eigenvalue weighted by atomic mass is 9.98. The van der Waals surface area contributed by atoms with Crippen molar-refractivity contribution in [2.24, 2.45) is 16.8 Å². The molecule has 1 aliphatic rings. The first-order valence-corrected chi connectivity index (χ1v) is 13.8. The lowest BCUT2D eigenvalue weighted by molar-refractivity contribution is -0.117. The fraction of sp³-hybridized carbons (Fsp3) is 0.310. The summed E-state index contributed by atoms with van der Waals surface area (Å²) in [6.45, 7) is 0. The number of carbonyl (C=O) groups excluding carboxylic acids is 2. The SMILES string of the molecule is COC(=O)Nc1ccc2c(c1)CCCCCCC[C@H](NC(=O)/C=C/c1cc(Cl)ccc1N(N)/C=N\N)c1ncc-2[nH]1. The molecular formula is C29H35ClN8O3. The van der Waals surface area contributed by atoms with Crippen LogP contribution in [0.25, 0.3) is 17.3 Å². The number of hydrogen-bond acceptors (Lipinski definition) is 7. The third-order valence-electron chi connectivity index (χ3n) is 6.88. The van der Waals surface area contributed by atoms with Crippen LogP contribution >= 0.6 is 11.6 Å². The summed E-state index contributed by atoms with van der Waals surface area (Å²) in [4.78, 5) is 32.9. The minimum Gasteiger partial charge on any atom is -0.453 e. The van der Waals surface area contributed by atoms with E-state index in [1.807, 2.05) is 18.2 Å². The highest BCUT2D eigenvalue weighted by Gasteiger charge is 2.19. The van der Waals surface area contributed by atoms with Crippen molar-refractivity contribution in [2.75, 3.05) is 17.4 Å². The Balaban J connectivity index is 1.56. The van der Waals surface area contributed by atoms with Crippen molar-refractivity contribution < 1.29 is 14.3 Å². The number of rotatable bonds is 6. The number of H-pyrrole nitrogens is 1. The van der Waals surface area contributed by atoms with E-state index in [9.17, 15) is 9.59 Å². The van der Waals surface area contributed by atoms with Crippen LogP contribution in [0.2, 0.25) is 5.02 Å². The molecule has 1 aliphatic heterocycles. The number of anilines is 2. The molecule has 216 valence electrons. The normalized spacial score (nSPS) is 15.8. The van der Waals surface area contributed by atoms with Gasteiger partial charge in [-0.25, -0.2) is 15.6 Å². The van der Waals surface area contributed by atoms with E-state index in [1.165, 1.54) is 24.5 Å². The maximum Gasteiger partial charge on any atom is 0.411 e. The first-order chi connectivity index (χ1) is 19.9. The van der Waals surface area contributed by atoms with Gasteiger partial charge < -0.3 is 20.9 Å². The molecular weight excluding hydrogens is 544 g/mol. The number of aromatic nitrogens is 2. The largest absolute Gasteiger partial charge is 0.453 e. The lowest BCUT2D eigenvalue weighted by Crippen LogP contribution is -2.30. The number of hydrogen-bond donors (Lipinski definition) is 5. The van der Waals surface area contributed by atoms with E-state index >= 15 is 0 Å². The predicted octanol–water partition coefficient (Wildman–Crippen LogP) is 5.26. The Kier molecular flexibility index (Phi) is 10.4. The van der Waals surface area contributed by atoms with Gasteiger partial charge in [-0.15, -0.1) is 0 Å². The van der Waals surface area contributed by atoms with Crippen LogP contribution in [0.4, 0.5) is 16.2 Å². The van der Waals surface area contributed by atoms with E-state index in [1.54, 1.807) is 30.5 Å². The maximum absolute atomic E-state index is 13.1. The molecule has 0 unspecified atom stereocenters. The van der Waals surface area contributed by atoms with Gasteiger partial charge in [0.2, 0.25) is 5.91 Å². The third-order valence-corrected chi connectivity index (χ3v) is 7.12. The zero-order chi connectivity index (χ0) is 29.2. The number of aryl methyl sites for hydroxylation is 1. The van der Waals surface area contributed by atoms with Crippen molar-refractivity contribution >= 4 is 47.4 Å². The summed E-state index contributed by atoms with van der Waals surface area (Å²) >= 11 is 6.18. The van der Waals surface area contributed by atoms with Crippen molar-refractivity contribution in [3.63, 3.8) is 0 Å². The van der Waals surface area contributed by atoms with Crippen molar-refractivity contribution in [3.05, 3.63) is 70.6 Å². The summed E-state index contributed by atoms with van der Waals surface area (Å²) < 4.78 is 4.74. The van der Waals surface area contributed by atoms with Crippen LogP contribution in [0.5, 0.6) is 0 Å². The molecule has 2 amide bonds. The quantitative estimate of drug-likeness (QED) is 0.0875. The second-order valence-corrected chi connectivity index (χ2v) is 10.2. The molecule has 1 aromatic heterocycles. The van der Waals surface area contributed by atoms with Gasteiger partial charge >= 0.3 is 6.09 Å². The Labute approximate surface area is 244 Å². The molecule has 2 heterocycles. The first kappa shape index (κ1) is 29.6. The summed E-state index contributed by atoms with van der Waals surface area (Å²) in [6, 6.07) is 10.6. The molecule has 2 aromatic carbocycles. The fourth-order valence-electron chi connectivity index (χ4n) is 4.85. The number of hydrazine groups is 1. The second kappa shape index (κ2) is 14.3. The van der Waals surface area contributed by atoms with Crippen LogP contribution in [-0.4, -0.2) is 35.4 Å².